The Hall–Kier alpha value is -3.64. The van der Waals surface area contributed by atoms with E-state index in [0.717, 1.165) is 11.1 Å². The number of amides is 1. The summed E-state index contributed by atoms with van der Waals surface area (Å²) in [6.07, 6.45) is 1.52. The molecular formula is C22H17ClN2O4. The van der Waals surface area contributed by atoms with Gasteiger partial charge in [-0.15, -0.1) is 0 Å². The lowest BCUT2D eigenvalue weighted by Gasteiger charge is -2.07. The molecule has 3 rings (SSSR count). The summed E-state index contributed by atoms with van der Waals surface area (Å²) in [6, 6.07) is 20.2. The fourth-order valence-electron chi connectivity index (χ4n) is 2.44. The molecule has 0 unspecified atom stereocenters. The van der Waals surface area contributed by atoms with Gasteiger partial charge in [-0.1, -0.05) is 23.7 Å². The first-order valence-electron chi connectivity index (χ1n) is 8.65. The van der Waals surface area contributed by atoms with Crippen molar-refractivity contribution >= 4 is 29.7 Å². The molecule has 0 radical (unpaired) electrons. The zero-order chi connectivity index (χ0) is 20.6. The topological polar surface area (TPSA) is 88.0 Å². The molecule has 0 aliphatic heterocycles. The largest absolute Gasteiger partial charge is 0.489 e. The molecule has 0 bridgehead atoms. The molecule has 0 atom stereocenters. The van der Waals surface area contributed by atoms with E-state index in [-0.39, 0.29) is 18.1 Å². The third-order valence-electron chi connectivity index (χ3n) is 3.95. The van der Waals surface area contributed by atoms with E-state index in [0.29, 0.717) is 16.3 Å². The summed E-state index contributed by atoms with van der Waals surface area (Å²) >= 11 is 5.80. The number of rotatable bonds is 7. The minimum absolute atomic E-state index is 0.221. The van der Waals surface area contributed by atoms with Crippen molar-refractivity contribution in [1.29, 1.82) is 0 Å². The van der Waals surface area contributed by atoms with Crippen molar-refractivity contribution in [2.75, 3.05) is 0 Å². The molecule has 7 heteroatoms. The molecule has 0 saturated carbocycles. The van der Waals surface area contributed by atoms with Crippen LogP contribution >= 0.6 is 11.6 Å². The third kappa shape index (κ3) is 5.92. The smallest absolute Gasteiger partial charge is 0.335 e. The third-order valence-corrected chi connectivity index (χ3v) is 4.20. The number of hydrazone groups is 1. The second-order valence-electron chi connectivity index (χ2n) is 6.07. The molecule has 29 heavy (non-hydrogen) atoms. The number of carbonyl (C=O) groups is 2. The second kappa shape index (κ2) is 9.52. The number of halogens is 1. The molecule has 0 aromatic heterocycles. The minimum Gasteiger partial charge on any atom is -0.489 e. The lowest BCUT2D eigenvalue weighted by molar-refractivity contribution is 0.0696. The number of aromatic carboxylic acids is 1. The van der Waals surface area contributed by atoms with E-state index in [2.05, 4.69) is 10.5 Å². The SMILES string of the molecule is O=C(O)c1cccc(COc2ccc(/C=N\NC(=O)c3ccc(Cl)cc3)cc2)c1. The molecule has 0 aliphatic rings. The van der Waals surface area contributed by atoms with Crippen molar-refractivity contribution in [2.45, 2.75) is 6.61 Å². The maximum absolute atomic E-state index is 12.0. The molecule has 0 heterocycles. The zero-order valence-corrected chi connectivity index (χ0v) is 16.0. The molecule has 6 nitrogen and oxygen atoms in total. The van der Waals surface area contributed by atoms with Gasteiger partial charge in [0.1, 0.15) is 12.4 Å². The fraction of sp³-hybridized carbons (Fsp3) is 0.0455. The number of carboxylic acid groups (broad SMARTS) is 1. The summed E-state index contributed by atoms with van der Waals surface area (Å²) in [6.45, 7) is 0.256. The molecule has 0 fully saturated rings. The highest BCUT2D eigenvalue weighted by atomic mass is 35.5. The Labute approximate surface area is 172 Å². The van der Waals surface area contributed by atoms with Crippen LogP contribution in [0.5, 0.6) is 5.75 Å². The fourth-order valence-corrected chi connectivity index (χ4v) is 2.57. The van der Waals surface area contributed by atoms with Gasteiger partial charge in [-0.2, -0.15) is 5.10 Å². The maximum atomic E-state index is 12.0. The van der Waals surface area contributed by atoms with Crippen LogP contribution < -0.4 is 10.2 Å². The Balaban J connectivity index is 1.52. The number of benzene rings is 3. The molecule has 0 aliphatic carbocycles. The average Bonchev–Trinajstić information content (AvgIpc) is 2.74. The number of nitrogens with one attached hydrogen (secondary N) is 1. The Morgan fingerprint density at radius 1 is 1.00 bits per heavy atom. The molecule has 2 N–H and O–H groups in total. The summed E-state index contributed by atoms with van der Waals surface area (Å²) in [5.74, 6) is -0.673. The first-order valence-corrected chi connectivity index (χ1v) is 9.03. The molecule has 0 spiro atoms. The maximum Gasteiger partial charge on any atom is 0.335 e. The lowest BCUT2D eigenvalue weighted by Crippen LogP contribution is -2.17. The van der Waals surface area contributed by atoms with Crippen molar-refractivity contribution in [3.8, 4) is 5.75 Å². The quantitative estimate of drug-likeness (QED) is 0.448. The van der Waals surface area contributed by atoms with E-state index >= 15 is 0 Å². The Bertz CT molecular complexity index is 1030. The zero-order valence-electron chi connectivity index (χ0n) is 15.2. The molecular weight excluding hydrogens is 392 g/mol. The van der Waals surface area contributed by atoms with Crippen molar-refractivity contribution in [1.82, 2.24) is 5.43 Å². The van der Waals surface area contributed by atoms with Crippen LogP contribution in [0, 0.1) is 0 Å². The van der Waals surface area contributed by atoms with Gasteiger partial charge >= 0.3 is 5.97 Å². The van der Waals surface area contributed by atoms with Gasteiger partial charge in [-0.25, -0.2) is 10.2 Å². The Kier molecular flexibility index (Phi) is 6.60. The van der Waals surface area contributed by atoms with Crippen LogP contribution in [0.2, 0.25) is 5.02 Å². The number of nitrogens with zero attached hydrogens (tertiary/aromatic N) is 1. The number of hydrogen-bond acceptors (Lipinski definition) is 4. The summed E-state index contributed by atoms with van der Waals surface area (Å²) in [5, 5.41) is 13.5. The number of hydrogen-bond donors (Lipinski definition) is 2. The van der Waals surface area contributed by atoms with Gasteiger partial charge in [0.25, 0.3) is 5.91 Å². The van der Waals surface area contributed by atoms with Crippen LogP contribution in [-0.2, 0) is 6.61 Å². The van der Waals surface area contributed by atoms with Crippen LogP contribution in [-0.4, -0.2) is 23.2 Å². The van der Waals surface area contributed by atoms with Gasteiger partial charge in [0.05, 0.1) is 11.8 Å². The van der Waals surface area contributed by atoms with Crippen molar-refractivity contribution in [2.24, 2.45) is 5.10 Å². The number of ether oxygens (including phenoxy) is 1. The summed E-state index contributed by atoms with van der Waals surface area (Å²) in [7, 11) is 0. The van der Waals surface area contributed by atoms with Crippen LogP contribution in [0.1, 0.15) is 31.8 Å². The minimum atomic E-state index is -0.973. The van der Waals surface area contributed by atoms with E-state index < -0.39 is 5.97 Å². The molecule has 3 aromatic carbocycles. The van der Waals surface area contributed by atoms with Gasteiger partial charge in [0.2, 0.25) is 0 Å². The van der Waals surface area contributed by atoms with Gasteiger partial charge in [0, 0.05) is 10.6 Å². The Morgan fingerprint density at radius 2 is 1.72 bits per heavy atom. The first-order chi connectivity index (χ1) is 14.0. The number of carbonyl (C=O) groups excluding carboxylic acids is 1. The summed E-state index contributed by atoms with van der Waals surface area (Å²) < 4.78 is 5.67. The van der Waals surface area contributed by atoms with Gasteiger partial charge in [-0.3, -0.25) is 4.79 Å². The summed E-state index contributed by atoms with van der Waals surface area (Å²) in [4.78, 5) is 23.0. The van der Waals surface area contributed by atoms with Crippen LogP contribution in [0.3, 0.4) is 0 Å². The molecule has 0 saturated heterocycles. The van der Waals surface area contributed by atoms with Crippen LogP contribution in [0.25, 0.3) is 0 Å². The monoisotopic (exact) mass is 408 g/mol. The predicted molar refractivity (Wildman–Crippen MR) is 111 cm³/mol. The summed E-state index contributed by atoms with van der Waals surface area (Å²) in [5.41, 5.74) is 4.68. The van der Waals surface area contributed by atoms with Gasteiger partial charge < -0.3 is 9.84 Å². The van der Waals surface area contributed by atoms with Crippen molar-refractivity contribution < 1.29 is 19.4 Å². The van der Waals surface area contributed by atoms with Gasteiger partial charge in [0.15, 0.2) is 0 Å². The van der Waals surface area contributed by atoms with Crippen LogP contribution in [0.15, 0.2) is 77.9 Å². The highest BCUT2D eigenvalue weighted by Crippen LogP contribution is 2.14. The van der Waals surface area contributed by atoms with E-state index in [1.165, 1.54) is 12.3 Å². The second-order valence-corrected chi connectivity index (χ2v) is 6.51. The standard InChI is InChI=1S/C22H17ClN2O4/c23-19-8-6-17(7-9-19)21(26)25-24-13-15-4-10-20(11-5-15)29-14-16-2-1-3-18(12-16)22(27)28/h1-13H,14H2,(H,25,26)(H,27,28)/b24-13-. The van der Waals surface area contributed by atoms with Crippen molar-refractivity contribution in [3.05, 3.63) is 100 Å². The highest BCUT2D eigenvalue weighted by molar-refractivity contribution is 6.30. The average molecular weight is 409 g/mol. The van der Waals surface area contributed by atoms with E-state index in [1.807, 2.05) is 0 Å². The predicted octanol–water partition coefficient (Wildman–Crippen LogP) is 4.38. The van der Waals surface area contributed by atoms with E-state index in [4.69, 9.17) is 21.4 Å². The van der Waals surface area contributed by atoms with Crippen LogP contribution in [0.4, 0.5) is 0 Å². The molecule has 146 valence electrons. The van der Waals surface area contributed by atoms with E-state index in [1.54, 1.807) is 66.7 Å². The van der Waals surface area contributed by atoms with Gasteiger partial charge in [-0.05, 0) is 71.8 Å². The highest BCUT2D eigenvalue weighted by Gasteiger charge is 2.04. The molecule has 3 aromatic rings. The lowest BCUT2D eigenvalue weighted by atomic mass is 10.1. The molecule has 1 amide bonds. The normalized spacial score (nSPS) is 10.7. The number of carboxylic acids is 1. The Morgan fingerprint density at radius 3 is 2.41 bits per heavy atom. The van der Waals surface area contributed by atoms with Crippen molar-refractivity contribution in [3.63, 3.8) is 0 Å². The first kappa shape index (κ1) is 20.1. The van der Waals surface area contributed by atoms with E-state index in [9.17, 15) is 9.59 Å².